The van der Waals surface area contributed by atoms with E-state index in [1.807, 2.05) is 45.0 Å². The van der Waals surface area contributed by atoms with Crippen molar-refractivity contribution in [1.82, 2.24) is 14.8 Å². The Hall–Kier alpha value is -3.47. The predicted octanol–water partition coefficient (Wildman–Crippen LogP) is 6.59. The Balaban J connectivity index is 2.17. The molecule has 8 nitrogen and oxygen atoms in total. The fourth-order valence-electron chi connectivity index (χ4n) is 3.66. The molecule has 2 aromatic heterocycles. The molecule has 0 saturated carbocycles. The number of H-pyrrole nitrogens is 1. The summed E-state index contributed by atoms with van der Waals surface area (Å²) in [5.74, 6) is -0.220. The minimum Gasteiger partial charge on any atom is -0.459 e. The van der Waals surface area contributed by atoms with Gasteiger partial charge in [0.2, 0.25) is 0 Å². The van der Waals surface area contributed by atoms with E-state index in [0.29, 0.717) is 16.9 Å². The molecule has 34 heavy (non-hydrogen) atoms. The maximum absolute atomic E-state index is 12.6. The maximum Gasteiger partial charge on any atom is 0.328 e. The summed E-state index contributed by atoms with van der Waals surface area (Å²) in [6.07, 6.45) is 0. The number of benzene rings is 1. The van der Waals surface area contributed by atoms with E-state index < -0.39 is 17.0 Å². The van der Waals surface area contributed by atoms with Crippen LogP contribution in [0.1, 0.15) is 79.3 Å². The van der Waals surface area contributed by atoms with E-state index in [9.17, 15) is 10.1 Å². The molecule has 1 aromatic carbocycles. The Morgan fingerprint density at radius 3 is 2.26 bits per heavy atom. The van der Waals surface area contributed by atoms with Crippen LogP contribution in [0.5, 0.6) is 0 Å². The highest BCUT2D eigenvalue weighted by Crippen LogP contribution is 2.39. The van der Waals surface area contributed by atoms with Gasteiger partial charge in [0.15, 0.2) is 5.82 Å². The highest BCUT2D eigenvalue weighted by atomic mass is 16.6. The van der Waals surface area contributed by atoms with Crippen LogP contribution in [0.15, 0.2) is 34.5 Å². The van der Waals surface area contributed by atoms with E-state index in [1.54, 1.807) is 20.8 Å². The number of aromatic amines is 1. The summed E-state index contributed by atoms with van der Waals surface area (Å²) in [4.78, 5) is 16.0. The first-order chi connectivity index (χ1) is 15.6. The van der Waals surface area contributed by atoms with Gasteiger partial charge in [-0.25, -0.2) is 4.68 Å². The lowest BCUT2D eigenvalue weighted by Crippen LogP contribution is -2.27. The number of aromatic nitrogens is 3. The molecule has 0 aliphatic carbocycles. The van der Waals surface area contributed by atoms with Crippen LogP contribution in [0.4, 0.5) is 11.5 Å². The van der Waals surface area contributed by atoms with Crippen molar-refractivity contribution in [3.05, 3.63) is 41.2 Å². The minimum atomic E-state index is -0.636. The van der Waals surface area contributed by atoms with Gasteiger partial charge in [-0.15, -0.1) is 10.2 Å². The molecular formula is C26H34N6O2. The largest absolute Gasteiger partial charge is 0.459 e. The van der Waals surface area contributed by atoms with Crippen LogP contribution in [-0.2, 0) is 26.9 Å². The zero-order chi connectivity index (χ0) is 25.5. The van der Waals surface area contributed by atoms with Crippen LogP contribution < -0.4 is 0 Å². The topological polar surface area (TPSA) is 108 Å². The Morgan fingerprint density at radius 2 is 1.71 bits per heavy atom. The zero-order valence-electron chi connectivity index (χ0n) is 21.6. The summed E-state index contributed by atoms with van der Waals surface area (Å²) in [6, 6.07) is 10.1. The van der Waals surface area contributed by atoms with Gasteiger partial charge in [-0.3, -0.25) is 4.79 Å². The summed E-state index contributed by atoms with van der Waals surface area (Å²) in [7, 11) is 0. The molecule has 3 rings (SSSR count). The Morgan fingerprint density at radius 1 is 1.06 bits per heavy atom. The molecule has 8 heteroatoms. The number of hydrogen-bond donors (Lipinski definition) is 1. The van der Waals surface area contributed by atoms with Crippen molar-refractivity contribution < 1.29 is 9.53 Å². The van der Waals surface area contributed by atoms with E-state index in [0.717, 1.165) is 16.6 Å². The summed E-state index contributed by atoms with van der Waals surface area (Å²) in [5, 5.41) is 24.6. The number of carbonyl (C=O) groups is 1. The van der Waals surface area contributed by atoms with Crippen molar-refractivity contribution in [3.8, 4) is 6.07 Å². The number of nitrogens with zero attached hydrogens (tertiary/aromatic N) is 5. The van der Waals surface area contributed by atoms with Crippen molar-refractivity contribution >= 4 is 28.4 Å². The predicted molar refractivity (Wildman–Crippen MR) is 133 cm³/mol. The number of nitrogens with one attached hydrogen (secondary N) is 1. The third kappa shape index (κ3) is 5.36. The van der Waals surface area contributed by atoms with Gasteiger partial charge in [-0.2, -0.15) is 10.4 Å². The third-order valence-corrected chi connectivity index (χ3v) is 5.12. The Labute approximate surface area is 201 Å². The van der Waals surface area contributed by atoms with Crippen LogP contribution in [0, 0.1) is 11.3 Å². The molecule has 0 unspecified atom stereocenters. The van der Waals surface area contributed by atoms with Gasteiger partial charge in [-0.05, 0) is 26.8 Å². The number of azo groups is 1. The molecular weight excluding hydrogens is 428 g/mol. The van der Waals surface area contributed by atoms with Crippen LogP contribution in [0.3, 0.4) is 0 Å². The highest BCUT2D eigenvalue weighted by molar-refractivity contribution is 5.93. The number of nitriles is 1. The molecule has 0 aliphatic heterocycles. The molecule has 0 aliphatic rings. The van der Waals surface area contributed by atoms with Crippen molar-refractivity contribution in [2.75, 3.05) is 0 Å². The number of rotatable bonds is 4. The first kappa shape index (κ1) is 25.2. The average Bonchev–Trinajstić information content (AvgIpc) is 3.22. The molecule has 3 aromatic rings. The van der Waals surface area contributed by atoms with Gasteiger partial charge in [0.1, 0.15) is 29.5 Å². The first-order valence-electron chi connectivity index (χ1n) is 11.4. The SMILES string of the molecule is CC(C)(C)OC(=O)Cn1nc(C(C)(C)C)c(C#N)c1/N=N/c1c(C(C)(C)C)[nH]c2ccccc12. The van der Waals surface area contributed by atoms with Crippen molar-refractivity contribution in [2.24, 2.45) is 10.2 Å². The number of esters is 1. The molecule has 180 valence electrons. The van der Waals surface area contributed by atoms with Gasteiger partial charge >= 0.3 is 5.97 Å². The molecule has 0 radical (unpaired) electrons. The summed E-state index contributed by atoms with van der Waals surface area (Å²) < 4.78 is 6.90. The van der Waals surface area contributed by atoms with E-state index in [4.69, 9.17) is 4.74 Å². The second kappa shape index (κ2) is 8.71. The fourth-order valence-corrected chi connectivity index (χ4v) is 3.66. The van der Waals surface area contributed by atoms with E-state index >= 15 is 0 Å². The number of hydrogen-bond acceptors (Lipinski definition) is 6. The second-order valence-electron chi connectivity index (χ2n) is 11.5. The van der Waals surface area contributed by atoms with Gasteiger partial charge in [0, 0.05) is 27.4 Å². The fraction of sp³-hybridized carbons (Fsp3) is 0.500. The van der Waals surface area contributed by atoms with Crippen LogP contribution >= 0.6 is 0 Å². The molecule has 0 atom stereocenters. The van der Waals surface area contributed by atoms with Gasteiger partial charge < -0.3 is 9.72 Å². The first-order valence-corrected chi connectivity index (χ1v) is 11.4. The molecule has 2 heterocycles. The lowest BCUT2D eigenvalue weighted by Gasteiger charge is -2.19. The van der Waals surface area contributed by atoms with Crippen LogP contribution in [-0.4, -0.2) is 26.3 Å². The number of fused-ring (bicyclic) bond motifs is 1. The summed E-state index contributed by atoms with van der Waals surface area (Å²) >= 11 is 0. The quantitative estimate of drug-likeness (QED) is 0.348. The Bertz CT molecular complexity index is 1280. The van der Waals surface area contributed by atoms with Gasteiger partial charge in [0.25, 0.3) is 0 Å². The number of ether oxygens (including phenoxy) is 1. The van der Waals surface area contributed by atoms with Crippen molar-refractivity contribution in [1.29, 1.82) is 5.26 Å². The van der Waals surface area contributed by atoms with Crippen LogP contribution in [0.25, 0.3) is 10.9 Å². The standard InChI is InChI=1S/C26H34N6O2/c1-24(2,3)21-17(14-27)23(32(31-21)15-19(33)34-26(7,8)9)30-29-20-16-12-10-11-13-18(16)28-22(20)25(4,5)6/h10-13,28H,15H2,1-9H3/b30-29+. The Kier molecular flexibility index (Phi) is 6.45. The number of carbonyl (C=O) groups excluding carboxylic acids is 1. The lowest BCUT2D eigenvalue weighted by molar-refractivity contribution is -0.155. The van der Waals surface area contributed by atoms with E-state index in [2.05, 4.69) is 47.2 Å². The maximum atomic E-state index is 12.6. The second-order valence-corrected chi connectivity index (χ2v) is 11.5. The average molecular weight is 463 g/mol. The van der Waals surface area contributed by atoms with Gasteiger partial charge in [0.05, 0.1) is 5.69 Å². The van der Waals surface area contributed by atoms with Crippen LogP contribution in [0.2, 0.25) is 0 Å². The zero-order valence-corrected chi connectivity index (χ0v) is 21.6. The molecule has 1 N–H and O–H groups in total. The third-order valence-electron chi connectivity index (χ3n) is 5.12. The lowest BCUT2D eigenvalue weighted by atomic mass is 9.90. The van der Waals surface area contributed by atoms with E-state index in [-0.39, 0.29) is 17.8 Å². The number of para-hydroxylation sites is 1. The molecule has 0 amide bonds. The van der Waals surface area contributed by atoms with E-state index in [1.165, 1.54) is 4.68 Å². The van der Waals surface area contributed by atoms with Crippen molar-refractivity contribution in [2.45, 2.75) is 85.3 Å². The minimum absolute atomic E-state index is 0.170. The molecule has 0 bridgehead atoms. The normalized spacial score (nSPS) is 12.9. The molecule has 0 saturated heterocycles. The molecule has 0 fully saturated rings. The monoisotopic (exact) mass is 462 g/mol. The van der Waals surface area contributed by atoms with Crippen molar-refractivity contribution in [3.63, 3.8) is 0 Å². The highest BCUT2D eigenvalue weighted by Gasteiger charge is 2.29. The summed E-state index contributed by atoms with van der Waals surface area (Å²) in [6.45, 7) is 17.4. The smallest absolute Gasteiger partial charge is 0.328 e. The molecule has 0 spiro atoms. The summed E-state index contributed by atoms with van der Waals surface area (Å²) in [5.41, 5.74) is 2.19. The van der Waals surface area contributed by atoms with Gasteiger partial charge in [-0.1, -0.05) is 59.7 Å².